The van der Waals surface area contributed by atoms with Crippen molar-refractivity contribution in [2.24, 2.45) is 0 Å². The average Bonchev–Trinajstić information content (AvgIpc) is 3.46. The van der Waals surface area contributed by atoms with Gasteiger partial charge in [-0.2, -0.15) is 5.10 Å². The second-order valence-corrected chi connectivity index (χ2v) is 6.42. The zero-order chi connectivity index (χ0) is 20.9. The molecular weight excluding hydrogens is 386 g/mol. The minimum Gasteiger partial charge on any atom is -0.478 e. The SMILES string of the molecule is O=C(O)c1ccc(-c2cn(-c3ccccc3C(=O)NCCc3cn[nH]c3)nn2)nc1. The van der Waals surface area contributed by atoms with E-state index in [0.717, 1.165) is 5.56 Å². The van der Waals surface area contributed by atoms with Gasteiger partial charge in [-0.3, -0.25) is 14.9 Å². The summed E-state index contributed by atoms with van der Waals surface area (Å²) in [5.41, 5.74) is 3.06. The number of carboxylic acid groups (broad SMARTS) is 1. The van der Waals surface area contributed by atoms with E-state index in [9.17, 15) is 9.59 Å². The van der Waals surface area contributed by atoms with Gasteiger partial charge in [-0.15, -0.1) is 5.10 Å². The van der Waals surface area contributed by atoms with Crippen LogP contribution in [0.25, 0.3) is 17.1 Å². The molecule has 150 valence electrons. The minimum absolute atomic E-state index is 0.0866. The topological polar surface area (TPSA) is 139 Å². The molecule has 0 atom stereocenters. The Kier molecular flexibility index (Phi) is 5.29. The molecule has 1 amide bonds. The number of carbonyl (C=O) groups excluding carboxylic acids is 1. The highest BCUT2D eigenvalue weighted by molar-refractivity contribution is 5.97. The first-order chi connectivity index (χ1) is 14.6. The van der Waals surface area contributed by atoms with Crippen LogP contribution in [0.4, 0.5) is 0 Å². The average molecular weight is 403 g/mol. The number of hydrogen-bond donors (Lipinski definition) is 3. The molecular formula is C20H17N7O3. The number of benzene rings is 1. The third-order valence-corrected chi connectivity index (χ3v) is 4.42. The van der Waals surface area contributed by atoms with E-state index < -0.39 is 5.97 Å². The van der Waals surface area contributed by atoms with E-state index in [1.807, 2.05) is 0 Å². The zero-order valence-corrected chi connectivity index (χ0v) is 15.7. The summed E-state index contributed by atoms with van der Waals surface area (Å²) in [6.07, 6.45) is 7.07. The fourth-order valence-corrected chi connectivity index (χ4v) is 2.87. The molecule has 0 saturated heterocycles. The van der Waals surface area contributed by atoms with Gasteiger partial charge in [-0.1, -0.05) is 17.3 Å². The third kappa shape index (κ3) is 4.07. The lowest BCUT2D eigenvalue weighted by molar-refractivity contribution is 0.0696. The van der Waals surface area contributed by atoms with Crippen LogP contribution in [-0.2, 0) is 6.42 Å². The Morgan fingerprint density at radius 1 is 1.10 bits per heavy atom. The van der Waals surface area contributed by atoms with Crippen molar-refractivity contribution >= 4 is 11.9 Å². The lowest BCUT2D eigenvalue weighted by Gasteiger charge is -2.09. The second-order valence-electron chi connectivity index (χ2n) is 6.42. The Balaban J connectivity index is 1.52. The molecule has 0 aliphatic heterocycles. The van der Waals surface area contributed by atoms with Crippen molar-refractivity contribution in [1.82, 2.24) is 35.5 Å². The molecule has 10 nitrogen and oxygen atoms in total. The maximum Gasteiger partial charge on any atom is 0.337 e. The van der Waals surface area contributed by atoms with Crippen molar-refractivity contribution < 1.29 is 14.7 Å². The summed E-state index contributed by atoms with van der Waals surface area (Å²) < 4.78 is 1.49. The van der Waals surface area contributed by atoms with E-state index in [1.54, 1.807) is 48.9 Å². The molecule has 0 radical (unpaired) electrons. The smallest absolute Gasteiger partial charge is 0.337 e. The predicted molar refractivity (Wildman–Crippen MR) is 106 cm³/mol. The molecule has 3 aromatic heterocycles. The molecule has 0 unspecified atom stereocenters. The van der Waals surface area contributed by atoms with E-state index >= 15 is 0 Å². The number of nitrogens with one attached hydrogen (secondary N) is 2. The highest BCUT2D eigenvalue weighted by atomic mass is 16.4. The van der Waals surface area contributed by atoms with Crippen molar-refractivity contribution in [3.05, 3.63) is 77.9 Å². The number of H-pyrrole nitrogens is 1. The molecule has 0 saturated carbocycles. The molecule has 0 aliphatic carbocycles. The maximum atomic E-state index is 12.7. The lowest BCUT2D eigenvalue weighted by atomic mass is 10.1. The Morgan fingerprint density at radius 3 is 2.70 bits per heavy atom. The third-order valence-electron chi connectivity index (χ3n) is 4.42. The van der Waals surface area contributed by atoms with Gasteiger partial charge in [-0.25, -0.2) is 9.48 Å². The molecule has 1 aromatic carbocycles. The highest BCUT2D eigenvalue weighted by Gasteiger charge is 2.15. The van der Waals surface area contributed by atoms with Crippen LogP contribution in [-0.4, -0.2) is 53.7 Å². The molecule has 0 spiro atoms. The molecule has 3 N–H and O–H groups in total. The zero-order valence-electron chi connectivity index (χ0n) is 15.7. The number of carboxylic acids is 1. The van der Waals surface area contributed by atoms with Gasteiger partial charge in [0, 0.05) is 18.9 Å². The highest BCUT2D eigenvalue weighted by Crippen LogP contribution is 2.18. The number of hydrogen-bond acceptors (Lipinski definition) is 6. The summed E-state index contributed by atoms with van der Waals surface area (Å²) in [4.78, 5) is 27.8. The fourth-order valence-electron chi connectivity index (χ4n) is 2.87. The van der Waals surface area contributed by atoms with Gasteiger partial charge < -0.3 is 10.4 Å². The van der Waals surface area contributed by atoms with E-state index in [2.05, 4.69) is 30.8 Å². The van der Waals surface area contributed by atoms with Crippen LogP contribution in [0.15, 0.2) is 61.2 Å². The predicted octanol–water partition coefficient (Wildman–Crippen LogP) is 1.72. The molecule has 4 rings (SSSR count). The summed E-state index contributed by atoms with van der Waals surface area (Å²) in [6, 6.07) is 10.1. The number of rotatable bonds is 7. The molecule has 0 bridgehead atoms. The molecule has 10 heteroatoms. The van der Waals surface area contributed by atoms with Gasteiger partial charge in [0.1, 0.15) is 5.69 Å². The quantitative estimate of drug-likeness (QED) is 0.427. The van der Waals surface area contributed by atoms with Gasteiger partial charge in [-0.05, 0) is 36.2 Å². The first-order valence-corrected chi connectivity index (χ1v) is 9.09. The van der Waals surface area contributed by atoms with Crippen LogP contribution in [0.3, 0.4) is 0 Å². The van der Waals surface area contributed by atoms with Crippen molar-refractivity contribution in [3.63, 3.8) is 0 Å². The standard InChI is InChI=1S/C20H17N7O3/c28-19(21-8-7-13-9-23-24-10-13)15-3-1-2-4-18(15)27-12-17(25-26-27)16-6-5-14(11-22-16)20(29)30/h1-6,9-12H,7-8H2,(H,21,28)(H,23,24)(H,29,30). The summed E-state index contributed by atoms with van der Waals surface area (Å²) in [5.74, 6) is -1.28. The number of pyridine rings is 1. The van der Waals surface area contributed by atoms with Crippen LogP contribution >= 0.6 is 0 Å². The fraction of sp³-hybridized carbons (Fsp3) is 0.100. The summed E-state index contributed by atoms with van der Waals surface area (Å²) in [5, 5.41) is 26.7. The van der Waals surface area contributed by atoms with Crippen molar-refractivity contribution in [1.29, 1.82) is 0 Å². The molecule has 4 aromatic rings. The summed E-state index contributed by atoms with van der Waals surface area (Å²) >= 11 is 0. The number of aromatic carboxylic acids is 1. The van der Waals surface area contributed by atoms with Crippen LogP contribution in [0.5, 0.6) is 0 Å². The number of aromatic amines is 1. The molecule has 0 fully saturated rings. The van der Waals surface area contributed by atoms with E-state index in [-0.39, 0.29) is 11.5 Å². The van der Waals surface area contributed by atoms with Gasteiger partial charge >= 0.3 is 5.97 Å². The summed E-state index contributed by atoms with van der Waals surface area (Å²) in [6.45, 7) is 0.467. The Morgan fingerprint density at radius 2 is 1.97 bits per heavy atom. The Labute approximate surface area is 170 Å². The largest absolute Gasteiger partial charge is 0.478 e. The molecule has 30 heavy (non-hydrogen) atoms. The number of amides is 1. The van der Waals surface area contributed by atoms with Crippen LogP contribution < -0.4 is 5.32 Å². The Bertz CT molecular complexity index is 1170. The second kappa shape index (κ2) is 8.35. The monoisotopic (exact) mass is 403 g/mol. The van der Waals surface area contributed by atoms with Crippen LogP contribution in [0.1, 0.15) is 26.3 Å². The van der Waals surface area contributed by atoms with E-state index in [1.165, 1.54) is 16.9 Å². The first-order valence-electron chi connectivity index (χ1n) is 9.09. The van der Waals surface area contributed by atoms with Crippen molar-refractivity contribution in [3.8, 4) is 17.1 Å². The van der Waals surface area contributed by atoms with Gasteiger partial charge in [0.15, 0.2) is 0 Å². The van der Waals surface area contributed by atoms with Crippen molar-refractivity contribution in [2.45, 2.75) is 6.42 Å². The summed E-state index contributed by atoms with van der Waals surface area (Å²) in [7, 11) is 0. The lowest BCUT2D eigenvalue weighted by Crippen LogP contribution is -2.26. The van der Waals surface area contributed by atoms with Gasteiger partial charge in [0.2, 0.25) is 0 Å². The Hall–Kier alpha value is -4.34. The minimum atomic E-state index is -1.05. The maximum absolute atomic E-state index is 12.7. The molecule has 0 aliphatic rings. The van der Waals surface area contributed by atoms with Gasteiger partial charge in [0.05, 0.1) is 34.9 Å². The molecule has 3 heterocycles. The number of para-hydroxylation sites is 1. The van der Waals surface area contributed by atoms with E-state index in [0.29, 0.717) is 35.6 Å². The normalized spacial score (nSPS) is 10.7. The van der Waals surface area contributed by atoms with Gasteiger partial charge in [0.25, 0.3) is 5.91 Å². The first kappa shape index (κ1) is 19.0. The van der Waals surface area contributed by atoms with E-state index in [4.69, 9.17) is 5.11 Å². The van der Waals surface area contributed by atoms with Crippen molar-refractivity contribution in [2.75, 3.05) is 6.54 Å². The van der Waals surface area contributed by atoms with Crippen LogP contribution in [0.2, 0.25) is 0 Å². The number of nitrogens with zero attached hydrogens (tertiary/aromatic N) is 5. The van der Waals surface area contributed by atoms with Crippen LogP contribution in [0, 0.1) is 0 Å². The number of aromatic nitrogens is 6. The number of carbonyl (C=O) groups is 2.